The van der Waals surface area contributed by atoms with Crippen LogP contribution in [0.1, 0.15) is 0 Å². The summed E-state index contributed by atoms with van der Waals surface area (Å²) in [7, 11) is 0. The smallest absolute Gasteiger partial charge is 0.137 e. The van der Waals surface area contributed by atoms with E-state index in [4.69, 9.17) is 4.42 Å². The minimum absolute atomic E-state index is 0.869. The summed E-state index contributed by atoms with van der Waals surface area (Å²) in [4.78, 5) is 2.36. The predicted molar refractivity (Wildman–Crippen MR) is 231 cm³/mol. The summed E-state index contributed by atoms with van der Waals surface area (Å²) in [6, 6.07) is 73.9. The van der Waals surface area contributed by atoms with Crippen LogP contribution < -0.4 is 4.90 Å². The number of furan rings is 1. The van der Waals surface area contributed by atoms with Crippen molar-refractivity contribution in [2.45, 2.75) is 0 Å². The minimum Gasteiger partial charge on any atom is -0.456 e. The molecule has 0 spiro atoms. The molecule has 11 aromatic rings. The van der Waals surface area contributed by atoms with Crippen molar-refractivity contribution in [1.82, 2.24) is 4.57 Å². The van der Waals surface area contributed by atoms with E-state index in [-0.39, 0.29) is 0 Å². The van der Waals surface area contributed by atoms with Gasteiger partial charge in [0, 0.05) is 33.1 Å². The highest BCUT2D eigenvalue weighted by Gasteiger charge is 2.20. The largest absolute Gasteiger partial charge is 0.456 e. The second-order valence-electron chi connectivity index (χ2n) is 14.1. The van der Waals surface area contributed by atoms with Crippen LogP contribution in [-0.4, -0.2) is 4.57 Å². The minimum atomic E-state index is 0.869. The molecule has 0 saturated heterocycles. The molecule has 9 aromatic carbocycles. The van der Waals surface area contributed by atoms with Crippen molar-refractivity contribution in [3.63, 3.8) is 0 Å². The first-order valence-electron chi connectivity index (χ1n) is 18.8. The Labute approximate surface area is 318 Å². The quantitative estimate of drug-likeness (QED) is 0.172. The van der Waals surface area contributed by atoms with Crippen molar-refractivity contribution in [2.24, 2.45) is 0 Å². The fraction of sp³-hybridized carbons (Fsp3) is 0. The lowest BCUT2D eigenvalue weighted by Gasteiger charge is -2.27. The highest BCUT2D eigenvalue weighted by Crippen LogP contribution is 2.44. The molecule has 0 N–H and O–H groups in total. The lowest BCUT2D eigenvalue weighted by molar-refractivity contribution is 0.669. The molecule has 0 aliphatic carbocycles. The second-order valence-corrected chi connectivity index (χ2v) is 14.1. The van der Waals surface area contributed by atoms with Crippen molar-refractivity contribution in [3.05, 3.63) is 206 Å². The van der Waals surface area contributed by atoms with E-state index in [9.17, 15) is 0 Å². The molecule has 3 nitrogen and oxygen atoms in total. The average Bonchev–Trinajstić information content (AvgIpc) is 3.81. The maximum atomic E-state index is 6.38. The molecule has 3 heteroatoms. The van der Waals surface area contributed by atoms with Gasteiger partial charge < -0.3 is 13.9 Å². The first-order valence-corrected chi connectivity index (χ1v) is 18.8. The van der Waals surface area contributed by atoms with E-state index in [0.29, 0.717) is 0 Å². The van der Waals surface area contributed by atoms with E-state index in [0.717, 1.165) is 50.3 Å². The molecule has 11 rings (SSSR count). The molecule has 0 atom stereocenters. The van der Waals surface area contributed by atoms with Crippen molar-refractivity contribution in [3.8, 4) is 27.9 Å². The third kappa shape index (κ3) is 5.13. The molecule has 0 radical (unpaired) electrons. The molecule has 0 bridgehead atoms. The van der Waals surface area contributed by atoms with Gasteiger partial charge in [0.25, 0.3) is 0 Å². The third-order valence-electron chi connectivity index (χ3n) is 11.0. The maximum Gasteiger partial charge on any atom is 0.137 e. The van der Waals surface area contributed by atoms with Crippen molar-refractivity contribution in [2.75, 3.05) is 4.90 Å². The van der Waals surface area contributed by atoms with Gasteiger partial charge in [-0.2, -0.15) is 0 Å². The van der Waals surface area contributed by atoms with E-state index < -0.39 is 0 Å². The van der Waals surface area contributed by atoms with Crippen LogP contribution in [0.2, 0.25) is 0 Å². The van der Waals surface area contributed by atoms with Crippen molar-refractivity contribution >= 4 is 71.6 Å². The third-order valence-corrected chi connectivity index (χ3v) is 11.0. The van der Waals surface area contributed by atoms with E-state index in [2.05, 4.69) is 204 Å². The van der Waals surface area contributed by atoms with E-state index in [1.165, 1.54) is 49.3 Å². The Morgan fingerprint density at radius 2 is 0.945 bits per heavy atom. The number of rotatable bonds is 6. The number of nitrogens with zero attached hydrogens (tertiary/aromatic N) is 2. The highest BCUT2D eigenvalue weighted by molar-refractivity contribution is 6.13. The first kappa shape index (κ1) is 31.2. The predicted octanol–water partition coefficient (Wildman–Crippen LogP) is 14.6. The zero-order valence-corrected chi connectivity index (χ0v) is 29.9. The fourth-order valence-corrected chi connectivity index (χ4v) is 8.43. The lowest BCUT2D eigenvalue weighted by Crippen LogP contribution is -2.10. The Morgan fingerprint density at radius 1 is 0.382 bits per heavy atom. The van der Waals surface area contributed by atoms with Crippen LogP contribution in [0.3, 0.4) is 0 Å². The summed E-state index contributed by atoms with van der Waals surface area (Å²) >= 11 is 0. The van der Waals surface area contributed by atoms with Gasteiger partial charge in [-0.15, -0.1) is 0 Å². The molecule has 0 saturated carbocycles. The zero-order chi connectivity index (χ0) is 36.3. The molecule has 2 aromatic heterocycles. The second kappa shape index (κ2) is 12.6. The summed E-state index contributed by atoms with van der Waals surface area (Å²) in [5.74, 6) is 0. The molecule has 258 valence electrons. The van der Waals surface area contributed by atoms with Gasteiger partial charge in [0.15, 0.2) is 0 Å². The molecular weight excluding hydrogens is 669 g/mol. The number of para-hydroxylation sites is 4. The van der Waals surface area contributed by atoms with Crippen LogP contribution in [-0.2, 0) is 0 Å². The molecule has 0 aliphatic heterocycles. The summed E-state index contributed by atoms with van der Waals surface area (Å²) in [6.07, 6.45) is 0. The standard InChI is InChI=1S/C52H34N2O/c1-2-13-38-34-39(25-24-35(38)12-1)36-26-30-40(31-27-36)53(49-21-11-23-51-52(49)45-17-6-10-22-50(45)55-51)41-32-28-37(29-33-41)42-14-3-7-18-46(42)54-47-19-8-4-15-43(47)44-16-5-9-20-48(44)54/h1-34H. The molecular formula is C52H34N2O. The van der Waals surface area contributed by atoms with Gasteiger partial charge in [-0.1, -0.05) is 140 Å². The molecule has 55 heavy (non-hydrogen) atoms. The zero-order valence-electron chi connectivity index (χ0n) is 29.9. The Balaban J connectivity index is 1.05. The van der Waals surface area contributed by atoms with Crippen molar-refractivity contribution in [1.29, 1.82) is 0 Å². The summed E-state index contributed by atoms with van der Waals surface area (Å²) in [6.45, 7) is 0. The number of hydrogen-bond donors (Lipinski definition) is 0. The van der Waals surface area contributed by atoms with Crippen LogP contribution in [0.15, 0.2) is 211 Å². The summed E-state index contributed by atoms with van der Waals surface area (Å²) in [5.41, 5.74) is 13.2. The van der Waals surface area contributed by atoms with Gasteiger partial charge >= 0.3 is 0 Å². The highest BCUT2D eigenvalue weighted by atomic mass is 16.3. The molecule has 0 unspecified atom stereocenters. The summed E-state index contributed by atoms with van der Waals surface area (Å²) < 4.78 is 8.79. The van der Waals surface area contributed by atoms with Gasteiger partial charge in [-0.05, 0) is 94.2 Å². The lowest BCUT2D eigenvalue weighted by atomic mass is 10.00. The molecule has 2 heterocycles. The number of anilines is 3. The van der Waals surface area contributed by atoms with Gasteiger partial charge in [0.05, 0.1) is 27.8 Å². The fourth-order valence-electron chi connectivity index (χ4n) is 8.43. The van der Waals surface area contributed by atoms with E-state index in [1.807, 2.05) is 12.1 Å². The first-order chi connectivity index (χ1) is 27.3. The van der Waals surface area contributed by atoms with E-state index >= 15 is 0 Å². The van der Waals surface area contributed by atoms with Gasteiger partial charge in [0.1, 0.15) is 11.2 Å². The molecule has 0 aliphatic rings. The molecule has 0 amide bonds. The Kier molecular flexibility index (Phi) is 7.17. The van der Waals surface area contributed by atoms with Crippen LogP contribution >= 0.6 is 0 Å². The van der Waals surface area contributed by atoms with Crippen LogP contribution in [0.4, 0.5) is 17.1 Å². The Bertz CT molecular complexity index is 3150. The van der Waals surface area contributed by atoms with Crippen molar-refractivity contribution < 1.29 is 4.42 Å². The number of benzene rings is 9. The van der Waals surface area contributed by atoms with Gasteiger partial charge in [-0.25, -0.2) is 0 Å². The van der Waals surface area contributed by atoms with Crippen LogP contribution in [0, 0.1) is 0 Å². The topological polar surface area (TPSA) is 21.3 Å². The SMILES string of the molecule is c1ccc(-n2c3ccccc3c3ccccc32)c(-c2ccc(N(c3ccc(-c4ccc5ccccc5c4)cc3)c3cccc4oc5ccccc5c34)cc2)c1. The number of aromatic nitrogens is 1. The Morgan fingerprint density at radius 3 is 1.69 bits per heavy atom. The number of hydrogen-bond acceptors (Lipinski definition) is 2. The van der Waals surface area contributed by atoms with Crippen LogP contribution in [0.25, 0.3) is 82.5 Å². The number of fused-ring (bicyclic) bond motifs is 7. The maximum absolute atomic E-state index is 6.38. The monoisotopic (exact) mass is 702 g/mol. The van der Waals surface area contributed by atoms with Gasteiger partial charge in [-0.3, -0.25) is 0 Å². The Hall–Kier alpha value is -7.36. The summed E-state index contributed by atoms with van der Waals surface area (Å²) in [5, 5.41) is 7.19. The normalized spacial score (nSPS) is 11.6. The van der Waals surface area contributed by atoms with Crippen LogP contribution in [0.5, 0.6) is 0 Å². The van der Waals surface area contributed by atoms with E-state index in [1.54, 1.807) is 0 Å². The van der Waals surface area contributed by atoms with Gasteiger partial charge in [0.2, 0.25) is 0 Å². The average molecular weight is 703 g/mol. The molecule has 0 fully saturated rings.